The van der Waals surface area contributed by atoms with Crippen molar-refractivity contribution in [3.05, 3.63) is 54.1 Å². The molecule has 2 amide bonds. The molecule has 0 unspecified atom stereocenters. The zero-order valence-electron chi connectivity index (χ0n) is 21.9. The fraction of sp³-hybridized carbons (Fsp3) is 0.462. The largest absolute Gasteiger partial charge is 0.497 e. The van der Waals surface area contributed by atoms with Crippen LogP contribution in [-0.4, -0.2) is 63.7 Å². The molecule has 0 aliphatic carbocycles. The van der Waals surface area contributed by atoms with Crippen LogP contribution in [-0.2, 0) is 26.2 Å². The summed E-state index contributed by atoms with van der Waals surface area (Å²) in [4.78, 5) is 27.9. The highest BCUT2D eigenvalue weighted by Crippen LogP contribution is 2.23. The molecule has 0 heterocycles. The van der Waals surface area contributed by atoms with E-state index in [2.05, 4.69) is 5.32 Å². The van der Waals surface area contributed by atoms with Crippen molar-refractivity contribution in [3.8, 4) is 11.5 Å². The van der Waals surface area contributed by atoms with Gasteiger partial charge in [-0.2, -0.15) is 0 Å². The number of rotatable bonds is 13. The summed E-state index contributed by atoms with van der Waals surface area (Å²) in [7, 11) is -2.23. The van der Waals surface area contributed by atoms with E-state index in [9.17, 15) is 18.0 Å². The molecule has 10 heteroatoms. The zero-order chi connectivity index (χ0) is 26.9. The van der Waals surface area contributed by atoms with Gasteiger partial charge in [0.05, 0.1) is 25.7 Å². The summed E-state index contributed by atoms with van der Waals surface area (Å²) >= 11 is 0. The molecule has 2 aromatic carbocycles. The van der Waals surface area contributed by atoms with E-state index in [0.29, 0.717) is 23.8 Å². The normalized spacial score (nSPS) is 12.8. The third kappa shape index (κ3) is 8.15. The van der Waals surface area contributed by atoms with Crippen LogP contribution in [0.15, 0.2) is 48.5 Å². The first-order valence-electron chi connectivity index (χ1n) is 11.9. The molecule has 0 saturated heterocycles. The van der Waals surface area contributed by atoms with Gasteiger partial charge in [0.2, 0.25) is 21.8 Å². The third-order valence-electron chi connectivity index (χ3n) is 5.80. The van der Waals surface area contributed by atoms with Crippen molar-refractivity contribution in [2.75, 3.05) is 30.8 Å². The van der Waals surface area contributed by atoms with Crippen molar-refractivity contribution in [1.82, 2.24) is 10.2 Å². The standard InChI is InChI=1S/C26H37N3O6S/c1-7-19(3)27-26(31)20(4)28(17-21-9-13-23(34-5)14-10-21)25(30)18-29(36(6,32)33)22-11-15-24(16-12-22)35-8-2/h9-16,19-20H,7-8,17-18H2,1-6H3,(H,27,31)/t19-,20+/m0/s1. The van der Waals surface area contributed by atoms with Gasteiger partial charge in [-0.25, -0.2) is 8.42 Å². The second-order valence-corrected chi connectivity index (χ2v) is 10.5. The minimum absolute atomic E-state index is 0.0609. The van der Waals surface area contributed by atoms with Gasteiger partial charge < -0.3 is 19.7 Å². The van der Waals surface area contributed by atoms with Crippen LogP contribution in [0, 0.1) is 0 Å². The fourth-order valence-electron chi connectivity index (χ4n) is 3.46. The van der Waals surface area contributed by atoms with Crippen LogP contribution in [0.25, 0.3) is 0 Å². The number of carbonyl (C=O) groups is 2. The molecule has 0 aromatic heterocycles. The van der Waals surface area contributed by atoms with E-state index in [1.165, 1.54) is 4.90 Å². The van der Waals surface area contributed by atoms with Crippen molar-refractivity contribution in [3.63, 3.8) is 0 Å². The van der Waals surface area contributed by atoms with Crippen LogP contribution in [0.5, 0.6) is 11.5 Å². The molecule has 0 aliphatic rings. The number of hydrogen-bond acceptors (Lipinski definition) is 6. The highest BCUT2D eigenvalue weighted by atomic mass is 32.2. The second-order valence-electron chi connectivity index (χ2n) is 8.56. The molecule has 198 valence electrons. The Balaban J connectivity index is 2.36. The van der Waals surface area contributed by atoms with Crippen LogP contribution >= 0.6 is 0 Å². The molecular weight excluding hydrogens is 482 g/mol. The lowest BCUT2D eigenvalue weighted by Gasteiger charge is -2.32. The van der Waals surface area contributed by atoms with Crippen LogP contribution in [0.1, 0.15) is 39.7 Å². The third-order valence-corrected chi connectivity index (χ3v) is 6.94. The summed E-state index contributed by atoms with van der Waals surface area (Å²) in [5.41, 5.74) is 1.11. The Labute approximate surface area is 214 Å². The predicted molar refractivity (Wildman–Crippen MR) is 141 cm³/mol. The summed E-state index contributed by atoms with van der Waals surface area (Å²) in [6.45, 7) is 7.48. The number of amides is 2. The Morgan fingerprint density at radius 1 is 0.972 bits per heavy atom. The molecule has 1 N–H and O–H groups in total. The zero-order valence-corrected chi connectivity index (χ0v) is 22.7. The summed E-state index contributed by atoms with van der Waals surface area (Å²) in [6, 6.07) is 12.7. The molecule has 0 radical (unpaired) electrons. The van der Waals surface area contributed by atoms with E-state index in [-0.39, 0.29) is 18.5 Å². The number of ether oxygens (including phenoxy) is 2. The first-order valence-corrected chi connectivity index (χ1v) is 13.8. The van der Waals surface area contributed by atoms with Gasteiger partial charge in [-0.15, -0.1) is 0 Å². The molecule has 2 rings (SSSR count). The highest BCUT2D eigenvalue weighted by molar-refractivity contribution is 7.92. The molecule has 2 atom stereocenters. The number of benzene rings is 2. The molecule has 0 aliphatic heterocycles. The van der Waals surface area contributed by atoms with Gasteiger partial charge in [-0.1, -0.05) is 19.1 Å². The van der Waals surface area contributed by atoms with Gasteiger partial charge in [0, 0.05) is 12.6 Å². The van der Waals surface area contributed by atoms with Crippen LogP contribution in [0.4, 0.5) is 5.69 Å². The van der Waals surface area contributed by atoms with Crippen molar-refractivity contribution in [2.45, 2.75) is 52.7 Å². The van der Waals surface area contributed by atoms with Crippen LogP contribution < -0.4 is 19.1 Å². The summed E-state index contributed by atoms with van der Waals surface area (Å²) in [5.74, 6) is 0.450. The number of hydrogen-bond donors (Lipinski definition) is 1. The topological polar surface area (TPSA) is 105 Å². The van der Waals surface area contributed by atoms with Gasteiger partial charge in [-0.05, 0) is 69.2 Å². The first kappa shape index (κ1) is 29.0. The quantitative estimate of drug-likeness (QED) is 0.436. The summed E-state index contributed by atoms with van der Waals surface area (Å²) in [6.07, 6.45) is 1.79. The van der Waals surface area contributed by atoms with E-state index < -0.39 is 28.5 Å². The van der Waals surface area contributed by atoms with Crippen LogP contribution in [0.3, 0.4) is 0 Å². The minimum atomic E-state index is -3.79. The predicted octanol–water partition coefficient (Wildman–Crippen LogP) is 3.19. The van der Waals surface area contributed by atoms with E-state index in [0.717, 1.165) is 22.5 Å². The lowest BCUT2D eigenvalue weighted by molar-refractivity contribution is -0.139. The average molecular weight is 520 g/mol. The van der Waals surface area contributed by atoms with Gasteiger partial charge in [0.15, 0.2) is 0 Å². The van der Waals surface area contributed by atoms with E-state index >= 15 is 0 Å². The summed E-state index contributed by atoms with van der Waals surface area (Å²) in [5, 5.41) is 2.90. The lowest BCUT2D eigenvalue weighted by Crippen LogP contribution is -2.52. The number of anilines is 1. The van der Waals surface area contributed by atoms with Crippen LogP contribution in [0.2, 0.25) is 0 Å². The van der Waals surface area contributed by atoms with E-state index in [1.807, 2.05) is 20.8 Å². The second kappa shape index (κ2) is 13.2. The van der Waals surface area contributed by atoms with Crippen molar-refractivity contribution >= 4 is 27.5 Å². The maximum absolute atomic E-state index is 13.6. The molecular formula is C26H37N3O6S. The smallest absolute Gasteiger partial charge is 0.244 e. The maximum atomic E-state index is 13.6. The minimum Gasteiger partial charge on any atom is -0.497 e. The number of methoxy groups -OCH3 is 1. The molecule has 9 nitrogen and oxygen atoms in total. The number of nitrogens with one attached hydrogen (secondary N) is 1. The summed E-state index contributed by atoms with van der Waals surface area (Å²) < 4.78 is 37.0. The monoisotopic (exact) mass is 519 g/mol. The van der Waals surface area contributed by atoms with Crippen molar-refractivity contribution in [1.29, 1.82) is 0 Å². The molecule has 36 heavy (non-hydrogen) atoms. The number of carbonyl (C=O) groups excluding carboxylic acids is 2. The Kier molecular flexibility index (Phi) is 10.6. The van der Waals surface area contributed by atoms with Gasteiger partial charge in [0.25, 0.3) is 0 Å². The number of nitrogens with zero attached hydrogens (tertiary/aromatic N) is 2. The van der Waals surface area contributed by atoms with E-state index in [1.54, 1.807) is 62.6 Å². The fourth-order valence-corrected chi connectivity index (χ4v) is 4.31. The maximum Gasteiger partial charge on any atom is 0.244 e. The molecule has 0 spiro atoms. The van der Waals surface area contributed by atoms with Gasteiger partial charge in [0.1, 0.15) is 24.1 Å². The molecule has 0 saturated carbocycles. The van der Waals surface area contributed by atoms with Gasteiger partial charge in [-0.3, -0.25) is 13.9 Å². The number of sulfonamides is 1. The Morgan fingerprint density at radius 2 is 1.56 bits per heavy atom. The Bertz CT molecular complexity index is 1100. The Morgan fingerprint density at radius 3 is 2.06 bits per heavy atom. The van der Waals surface area contributed by atoms with E-state index in [4.69, 9.17) is 9.47 Å². The SMILES string of the molecule is CCOc1ccc(N(CC(=O)N(Cc2ccc(OC)cc2)[C@H](C)C(=O)N[C@@H](C)CC)S(C)(=O)=O)cc1. The Hall–Kier alpha value is -3.27. The lowest BCUT2D eigenvalue weighted by atomic mass is 10.1. The van der Waals surface area contributed by atoms with Crippen molar-refractivity contribution in [2.24, 2.45) is 0 Å². The molecule has 0 fully saturated rings. The molecule has 2 aromatic rings. The average Bonchev–Trinajstić information content (AvgIpc) is 2.85. The molecule has 0 bridgehead atoms. The van der Waals surface area contributed by atoms with Gasteiger partial charge >= 0.3 is 0 Å². The van der Waals surface area contributed by atoms with Crippen molar-refractivity contribution < 1.29 is 27.5 Å². The highest BCUT2D eigenvalue weighted by Gasteiger charge is 2.30. The first-order chi connectivity index (χ1) is 17.0.